The molecule has 0 spiro atoms. The molecule has 0 aliphatic carbocycles. The van der Waals surface area contributed by atoms with Gasteiger partial charge < -0.3 is 5.32 Å². The first-order valence-electron chi connectivity index (χ1n) is 6.64. The summed E-state index contributed by atoms with van der Waals surface area (Å²) in [6.07, 6.45) is 0.361. The van der Waals surface area contributed by atoms with Crippen LogP contribution < -0.4 is 5.32 Å². The van der Waals surface area contributed by atoms with Crippen molar-refractivity contribution < 1.29 is 4.79 Å². The lowest BCUT2D eigenvalue weighted by atomic mass is 10.2. The second-order valence-corrected chi connectivity index (χ2v) is 6.12. The smallest absolute Gasteiger partial charge is 0.226 e. The van der Waals surface area contributed by atoms with E-state index in [1.807, 2.05) is 37.6 Å². The Morgan fingerprint density at radius 3 is 2.71 bits per heavy atom. The highest BCUT2D eigenvalue weighted by Crippen LogP contribution is 2.23. The second kappa shape index (κ2) is 6.62. The third-order valence-corrected chi connectivity index (χ3v) is 4.94. The number of anilines is 1. The maximum Gasteiger partial charge on any atom is 0.226 e. The van der Waals surface area contributed by atoms with E-state index >= 15 is 0 Å². The Bertz CT molecular complexity index is 682. The number of nitrogens with one attached hydrogen (secondary N) is 1. The zero-order valence-corrected chi connectivity index (χ0v) is 14.5. The van der Waals surface area contributed by atoms with Crippen LogP contribution in [0.3, 0.4) is 0 Å². The number of benzene rings is 1. The highest BCUT2D eigenvalue weighted by Gasteiger charge is 2.11. The third-order valence-electron chi connectivity index (χ3n) is 3.39. The van der Waals surface area contributed by atoms with E-state index in [4.69, 9.17) is 11.6 Å². The van der Waals surface area contributed by atoms with Crippen molar-refractivity contribution in [1.82, 2.24) is 9.78 Å². The molecule has 0 radical (unpaired) electrons. The molecule has 1 aromatic heterocycles. The van der Waals surface area contributed by atoms with Crippen LogP contribution in [0.4, 0.5) is 5.69 Å². The predicted molar refractivity (Wildman–Crippen MR) is 88.8 cm³/mol. The quantitative estimate of drug-likeness (QED) is 0.874. The fourth-order valence-electron chi connectivity index (χ4n) is 2.06. The van der Waals surface area contributed by atoms with E-state index < -0.39 is 0 Å². The summed E-state index contributed by atoms with van der Waals surface area (Å²) in [5.74, 6) is -0.0518. The Balaban J connectivity index is 1.99. The second-order valence-electron chi connectivity index (χ2n) is 4.92. The average molecular weight is 371 g/mol. The summed E-state index contributed by atoms with van der Waals surface area (Å²) in [6, 6.07) is 5.47. The number of hydrogen-bond acceptors (Lipinski definition) is 2. The molecule has 1 N–H and O–H groups in total. The summed E-state index contributed by atoms with van der Waals surface area (Å²) >= 11 is 9.52. The molecule has 0 aliphatic heterocycles. The van der Waals surface area contributed by atoms with Gasteiger partial charge in [-0.15, -0.1) is 0 Å². The molecule has 0 fully saturated rings. The first-order chi connectivity index (χ1) is 9.90. The first kappa shape index (κ1) is 16.0. The van der Waals surface area contributed by atoms with Gasteiger partial charge in [0.15, 0.2) is 0 Å². The number of nitrogens with zero attached hydrogens (tertiary/aromatic N) is 2. The summed E-state index contributed by atoms with van der Waals surface area (Å²) in [5, 5.41) is 7.92. The molecule has 0 unspecified atom stereocenters. The summed E-state index contributed by atoms with van der Waals surface area (Å²) in [6.45, 7) is 6.34. The molecular formula is C15H17BrClN3O. The van der Waals surface area contributed by atoms with Crippen molar-refractivity contribution in [3.8, 4) is 0 Å². The molecule has 0 saturated carbocycles. The van der Waals surface area contributed by atoms with Gasteiger partial charge in [0.2, 0.25) is 5.91 Å². The Kier molecular flexibility index (Phi) is 5.06. The van der Waals surface area contributed by atoms with Gasteiger partial charge >= 0.3 is 0 Å². The zero-order chi connectivity index (χ0) is 15.6. The molecule has 1 amide bonds. The lowest BCUT2D eigenvalue weighted by molar-refractivity contribution is -0.116. The van der Waals surface area contributed by atoms with Gasteiger partial charge in [-0.2, -0.15) is 5.10 Å². The molecule has 2 aromatic rings. The molecule has 6 heteroatoms. The van der Waals surface area contributed by atoms with Crippen molar-refractivity contribution in [1.29, 1.82) is 0 Å². The maximum absolute atomic E-state index is 12.0. The minimum absolute atomic E-state index is 0.0518. The normalized spacial score (nSPS) is 10.7. The number of carbonyl (C=O) groups is 1. The predicted octanol–water partition coefficient (Wildman–Crippen LogP) is 4.25. The number of carbonyl (C=O) groups excluding carboxylic acids is 1. The van der Waals surface area contributed by atoms with Gasteiger partial charge in [0.25, 0.3) is 0 Å². The van der Waals surface area contributed by atoms with Gasteiger partial charge in [-0.3, -0.25) is 9.48 Å². The molecule has 21 heavy (non-hydrogen) atoms. The molecule has 0 aliphatic rings. The zero-order valence-electron chi connectivity index (χ0n) is 12.2. The Labute approximate surface area is 137 Å². The van der Waals surface area contributed by atoms with Crippen molar-refractivity contribution in [2.24, 2.45) is 0 Å². The lowest BCUT2D eigenvalue weighted by Gasteiger charge is -2.10. The molecule has 2 rings (SSSR count). The molecule has 112 valence electrons. The summed E-state index contributed by atoms with van der Waals surface area (Å²) in [4.78, 5) is 12.0. The van der Waals surface area contributed by atoms with Crippen molar-refractivity contribution in [3.05, 3.63) is 44.6 Å². The van der Waals surface area contributed by atoms with Crippen molar-refractivity contribution in [3.63, 3.8) is 0 Å². The van der Waals surface area contributed by atoms with Crippen LogP contribution >= 0.6 is 27.5 Å². The van der Waals surface area contributed by atoms with E-state index in [1.54, 1.807) is 6.07 Å². The molecular weight excluding hydrogens is 354 g/mol. The Morgan fingerprint density at radius 2 is 2.10 bits per heavy atom. The van der Waals surface area contributed by atoms with Crippen molar-refractivity contribution in [2.75, 3.05) is 5.32 Å². The van der Waals surface area contributed by atoms with Crippen LogP contribution in [0.15, 0.2) is 22.7 Å². The van der Waals surface area contributed by atoms with Gasteiger partial charge in [0, 0.05) is 22.8 Å². The van der Waals surface area contributed by atoms with Gasteiger partial charge in [-0.1, -0.05) is 17.7 Å². The van der Waals surface area contributed by atoms with E-state index in [9.17, 15) is 4.79 Å². The van der Waals surface area contributed by atoms with Crippen LogP contribution in [0.2, 0.25) is 5.02 Å². The van der Waals surface area contributed by atoms with E-state index in [0.717, 1.165) is 27.1 Å². The number of hydrogen-bond donors (Lipinski definition) is 1. The lowest BCUT2D eigenvalue weighted by Crippen LogP contribution is -2.16. The summed E-state index contributed by atoms with van der Waals surface area (Å²) in [7, 11) is 0. The van der Waals surface area contributed by atoms with Crippen LogP contribution in [0.25, 0.3) is 0 Å². The molecule has 4 nitrogen and oxygen atoms in total. The van der Waals surface area contributed by atoms with E-state index in [2.05, 4.69) is 26.3 Å². The van der Waals surface area contributed by atoms with Gasteiger partial charge in [-0.05, 0) is 54.4 Å². The molecule has 0 saturated heterocycles. The molecule has 0 bridgehead atoms. The van der Waals surface area contributed by atoms with Crippen LogP contribution in [0.1, 0.15) is 23.4 Å². The van der Waals surface area contributed by atoms with E-state index in [1.165, 1.54) is 0 Å². The monoisotopic (exact) mass is 369 g/mol. The topological polar surface area (TPSA) is 46.9 Å². The molecule has 0 atom stereocenters. The maximum atomic E-state index is 12.0. The standard InChI is InChI=1S/C15H17BrClN3O/c1-9-12(17)5-4-6-13(9)18-14(21)7-8-20-11(3)15(16)10(2)19-20/h4-6H,7-8H2,1-3H3,(H,18,21). The Morgan fingerprint density at radius 1 is 1.38 bits per heavy atom. The fraction of sp³-hybridized carbons (Fsp3) is 0.333. The van der Waals surface area contributed by atoms with Crippen LogP contribution in [0.5, 0.6) is 0 Å². The average Bonchev–Trinajstić information content (AvgIpc) is 2.69. The van der Waals surface area contributed by atoms with Crippen molar-refractivity contribution in [2.45, 2.75) is 33.7 Å². The minimum Gasteiger partial charge on any atom is -0.326 e. The number of amides is 1. The highest BCUT2D eigenvalue weighted by molar-refractivity contribution is 9.10. The van der Waals surface area contributed by atoms with Gasteiger partial charge in [-0.25, -0.2) is 0 Å². The number of aromatic nitrogens is 2. The van der Waals surface area contributed by atoms with Crippen LogP contribution in [-0.4, -0.2) is 15.7 Å². The minimum atomic E-state index is -0.0518. The molecule has 1 heterocycles. The summed E-state index contributed by atoms with van der Waals surface area (Å²) < 4.78 is 2.83. The number of rotatable bonds is 4. The fourth-order valence-corrected chi connectivity index (χ4v) is 2.51. The van der Waals surface area contributed by atoms with E-state index in [0.29, 0.717) is 18.0 Å². The van der Waals surface area contributed by atoms with Crippen LogP contribution in [-0.2, 0) is 11.3 Å². The SMILES string of the molecule is Cc1nn(CCC(=O)Nc2cccc(Cl)c2C)c(C)c1Br. The number of aryl methyl sites for hydroxylation is 2. The van der Waals surface area contributed by atoms with Gasteiger partial charge in [0.05, 0.1) is 16.7 Å². The third kappa shape index (κ3) is 3.66. The largest absolute Gasteiger partial charge is 0.326 e. The van der Waals surface area contributed by atoms with Gasteiger partial charge in [0.1, 0.15) is 0 Å². The highest BCUT2D eigenvalue weighted by atomic mass is 79.9. The Hall–Kier alpha value is -1.33. The van der Waals surface area contributed by atoms with Crippen molar-refractivity contribution >= 4 is 39.1 Å². The summed E-state index contributed by atoms with van der Waals surface area (Å²) in [5.41, 5.74) is 3.58. The van der Waals surface area contributed by atoms with E-state index in [-0.39, 0.29) is 5.91 Å². The number of halogens is 2. The van der Waals surface area contributed by atoms with Crippen LogP contribution in [0, 0.1) is 20.8 Å². The molecule has 1 aromatic carbocycles. The first-order valence-corrected chi connectivity index (χ1v) is 7.81.